The maximum absolute atomic E-state index is 12.8. The van der Waals surface area contributed by atoms with Crippen molar-refractivity contribution in [3.8, 4) is 22.8 Å². The summed E-state index contributed by atoms with van der Waals surface area (Å²) in [5, 5.41) is 0.493. The fourth-order valence-electron chi connectivity index (χ4n) is 3.72. The lowest BCUT2D eigenvalue weighted by Crippen LogP contribution is -2.24. The number of aromatic amines is 1. The van der Waals surface area contributed by atoms with Crippen molar-refractivity contribution in [3.63, 3.8) is 0 Å². The van der Waals surface area contributed by atoms with Gasteiger partial charge in [0.15, 0.2) is 0 Å². The van der Waals surface area contributed by atoms with E-state index in [2.05, 4.69) is 15.0 Å². The Hall–Kier alpha value is -3.94. The summed E-state index contributed by atoms with van der Waals surface area (Å²) in [5.74, 6) is 2.35. The molecule has 3 heterocycles. The molecule has 0 saturated heterocycles. The molecule has 3 N–H and O–H groups in total. The van der Waals surface area contributed by atoms with Crippen LogP contribution in [-0.4, -0.2) is 33.7 Å². The lowest BCUT2D eigenvalue weighted by atomic mass is 9.95. The molecule has 150 valence electrons. The quantitative estimate of drug-likeness (QED) is 0.542. The maximum Gasteiger partial charge on any atom is 0.258 e. The molecule has 4 aromatic rings. The summed E-state index contributed by atoms with van der Waals surface area (Å²) in [4.78, 5) is 28.6. The summed E-state index contributed by atoms with van der Waals surface area (Å²) < 4.78 is 11.2. The molecule has 0 bridgehead atoms. The molecule has 2 aromatic carbocycles. The number of rotatable bonds is 3. The number of nitrogens with zero attached hydrogens (tertiary/aromatic N) is 3. The van der Waals surface area contributed by atoms with Gasteiger partial charge in [-0.15, -0.1) is 0 Å². The molecule has 1 aliphatic heterocycles. The SMILES string of the molecule is COc1ccc2c(c1)C[C@H](c1nc3ccc(-c4ccnc(N)n4)cc3c(=O)[nH]1)CO2. The highest BCUT2D eigenvalue weighted by molar-refractivity contribution is 5.83. The van der Waals surface area contributed by atoms with Crippen molar-refractivity contribution in [2.75, 3.05) is 19.5 Å². The third kappa shape index (κ3) is 3.22. The van der Waals surface area contributed by atoms with Crippen LogP contribution in [0.2, 0.25) is 0 Å². The number of methoxy groups -OCH3 is 1. The van der Waals surface area contributed by atoms with Gasteiger partial charge in [-0.25, -0.2) is 15.0 Å². The second-order valence-electron chi connectivity index (χ2n) is 7.17. The van der Waals surface area contributed by atoms with Crippen molar-refractivity contribution in [2.45, 2.75) is 12.3 Å². The molecule has 0 aliphatic carbocycles. The van der Waals surface area contributed by atoms with Gasteiger partial charge in [-0.1, -0.05) is 6.07 Å². The lowest BCUT2D eigenvalue weighted by Gasteiger charge is -2.25. The summed E-state index contributed by atoms with van der Waals surface area (Å²) in [6.07, 6.45) is 2.29. The van der Waals surface area contributed by atoms with E-state index in [1.165, 1.54) is 0 Å². The summed E-state index contributed by atoms with van der Waals surface area (Å²) in [5.41, 5.74) is 8.55. The highest BCUT2D eigenvalue weighted by Gasteiger charge is 2.24. The highest BCUT2D eigenvalue weighted by atomic mass is 16.5. The van der Waals surface area contributed by atoms with Crippen molar-refractivity contribution in [2.24, 2.45) is 0 Å². The molecule has 8 nitrogen and oxygen atoms in total. The zero-order chi connectivity index (χ0) is 20.7. The number of nitrogens with two attached hydrogens (primary N) is 1. The molecule has 0 radical (unpaired) electrons. The van der Waals surface area contributed by atoms with E-state index in [1.54, 1.807) is 25.4 Å². The van der Waals surface area contributed by atoms with Crippen molar-refractivity contribution in [1.82, 2.24) is 19.9 Å². The molecule has 0 amide bonds. The molecule has 1 atom stereocenters. The van der Waals surface area contributed by atoms with Gasteiger partial charge in [0.1, 0.15) is 17.3 Å². The number of anilines is 1. The molecular weight excluding hydrogens is 382 g/mol. The van der Waals surface area contributed by atoms with E-state index in [0.717, 1.165) is 22.6 Å². The van der Waals surface area contributed by atoms with Crippen molar-refractivity contribution >= 4 is 16.9 Å². The molecule has 8 heteroatoms. The monoisotopic (exact) mass is 401 g/mol. The van der Waals surface area contributed by atoms with Gasteiger partial charge in [-0.3, -0.25) is 4.79 Å². The molecule has 2 aromatic heterocycles. The first-order valence-electron chi connectivity index (χ1n) is 9.53. The van der Waals surface area contributed by atoms with Crippen molar-refractivity contribution in [1.29, 1.82) is 0 Å². The Bertz CT molecular complexity index is 1320. The van der Waals surface area contributed by atoms with Crippen molar-refractivity contribution in [3.05, 3.63) is 70.4 Å². The van der Waals surface area contributed by atoms with E-state index in [-0.39, 0.29) is 17.4 Å². The van der Waals surface area contributed by atoms with E-state index in [4.69, 9.17) is 20.2 Å². The summed E-state index contributed by atoms with van der Waals surface area (Å²) in [6.45, 7) is 0.450. The molecule has 0 saturated carbocycles. The molecule has 0 spiro atoms. The van der Waals surface area contributed by atoms with Crippen LogP contribution in [-0.2, 0) is 6.42 Å². The predicted molar refractivity (Wildman–Crippen MR) is 113 cm³/mol. The zero-order valence-electron chi connectivity index (χ0n) is 16.3. The van der Waals surface area contributed by atoms with Gasteiger partial charge in [0.25, 0.3) is 5.56 Å². The van der Waals surface area contributed by atoms with Gasteiger partial charge in [0.05, 0.1) is 36.2 Å². The number of hydrogen-bond acceptors (Lipinski definition) is 7. The standard InChI is InChI=1S/C22H19N5O3/c1-29-15-3-5-19-13(9-15)8-14(11-30-19)20-25-18-4-2-12(10-16(18)21(28)27-20)17-6-7-24-22(23)26-17/h2-7,9-10,14H,8,11H2,1H3,(H2,23,24,26)(H,25,27,28)/t14-/m0/s1. The number of aromatic nitrogens is 4. The van der Waals surface area contributed by atoms with Crippen LogP contribution in [0.4, 0.5) is 5.95 Å². The van der Waals surface area contributed by atoms with Crippen LogP contribution in [0.1, 0.15) is 17.3 Å². The minimum Gasteiger partial charge on any atom is -0.497 e. The normalized spacial score (nSPS) is 15.4. The Morgan fingerprint density at radius 1 is 1.17 bits per heavy atom. The fraction of sp³-hybridized carbons (Fsp3) is 0.182. The summed E-state index contributed by atoms with van der Waals surface area (Å²) in [6, 6.07) is 12.9. The second-order valence-corrected chi connectivity index (χ2v) is 7.17. The first-order chi connectivity index (χ1) is 14.6. The Morgan fingerprint density at radius 3 is 2.90 bits per heavy atom. The van der Waals surface area contributed by atoms with E-state index >= 15 is 0 Å². The summed E-state index contributed by atoms with van der Waals surface area (Å²) >= 11 is 0. The smallest absolute Gasteiger partial charge is 0.258 e. The van der Waals surface area contributed by atoms with Gasteiger partial charge >= 0.3 is 0 Å². The number of nitrogen functional groups attached to an aromatic ring is 1. The number of ether oxygens (including phenoxy) is 2. The Labute approximate surface area is 171 Å². The molecule has 30 heavy (non-hydrogen) atoms. The van der Waals surface area contributed by atoms with Gasteiger partial charge in [0.2, 0.25) is 5.95 Å². The van der Waals surface area contributed by atoms with Gasteiger partial charge in [0, 0.05) is 11.8 Å². The molecule has 1 aliphatic rings. The van der Waals surface area contributed by atoms with Crippen LogP contribution in [0, 0.1) is 0 Å². The van der Waals surface area contributed by atoms with E-state index in [1.807, 2.05) is 30.3 Å². The third-order valence-electron chi connectivity index (χ3n) is 5.25. The van der Waals surface area contributed by atoms with Crippen LogP contribution in [0.25, 0.3) is 22.2 Å². The first-order valence-corrected chi connectivity index (χ1v) is 9.53. The first kappa shape index (κ1) is 18.1. The van der Waals surface area contributed by atoms with Crippen LogP contribution in [0.3, 0.4) is 0 Å². The Morgan fingerprint density at radius 2 is 2.07 bits per heavy atom. The van der Waals surface area contributed by atoms with Crippen LogP contribution >= 0.6 is 0 Å². The summed E-state index contributed by atoms with van der Waals surface area (Å²) in [7, 11) is 1.63. The lowest BCUT2D eigenvalue weighted by molar-refractivity contribution is 0.257. The highest BCUT2D eigenvalue weighted by Crippen LogP contribution is 2.33. The molecule has 0 unspecified atom stereocenters. The predicted octanol–water partition coefficient (Wildman–Crippen LogP) is 2.69. The number of hydrogen-bond donors (Lipinski definition) is 2. The number of H-pyrrole nitrogens is 1. The zero-order valence-corrected chi connectivity index (χ0v) is 16.3. The van der Waals surface area contributed by atoms with E-state index < -0.39 is 0 Å². The minimum atomic E-state index is -0.199. The average Bonchev–Trinajstić information content (AvgIpc) is 2.78. The largest absolute Gasteiger partial charge is 0.497 e. The Kier molecular flexibility index (Phi) is 4.31. The van der Waals surface area contributed by atoms with Gasteiger partial charge < -0.3 is 20.2 Å². The molecular formula is C22H19N5O3. The number of fused-ring (bicyclic) bond motifs is 2. The third-order valence-corrected chi connectivity index (χ3v) is 5.25. The fourth-order valence-corrected chi connectivity index (χ4v) is 3.72. The number of benzene rings is 2. The van der Waals surface area contributed by atoms with Crippen LogP contribution in [0.5, 0.6) is 11.5 Å². The topological polar surface area (TPSA) is 116 Å². The molecule has 0 fully saturated rings. The number of nitrogens with one attached hydrogen (secondary N) is 1. The van der Waals surface area contributed by atoms with E-state index in [9.17, 15) is 4.79 Å². The van der Waals surface area contributed by atoms with Gasteiger partial charge in [-0.2, -0.15) is 0 Å². The van der Waals surface area contributed by atoms with Crippen LogP contribution < -0.4 is 20.8 Å². The maximum atomic E-state index is 12.8. The van der Waals surface area contributed by atoms with Crippen LogP contribution in [0.15, 0.2) is 53.5 Å². The molecule has 5 rings (SSSR count). The Balaban J connectivity index is 1.50. The van der Waals surface area contributed by atoms with E-state index in [0.29, 0.717) is 35.4 Å². The second kappa shape index (κ2) is 7.14. The van der Waals surface area contributed by atoms with Crippen molar-refractivity contribution < 1.29 is 9.47 Å². The average molecular weight is 401 g/mol. The minimum absolute atomic E-state index is 0.0527. The van der Waals surface area contributed by atoms with Gasteiger partial charge in [-0.05, 0) is 48.4 Å².